The Labute approximate surface area is 257 Å². The molecule has 238 valence electrons. The van der Waals surface area contributed by atoms with Gasteiger partial charge in [0.25, 0.3) is 0 Å². The molecule has 0 N–H and O–H groups in total. The second kappa shape index (κ2) is 11.9. The molecule has 4 aliphatic carbocycles. The summed E-state index contributed by atoms with van der Waals surface area (Å²) in [7, 11) is 0. The molecule has 0 aromatic rings. The summed E-state index contributed by atoms with van der Waals surface area (Å²) in [6.07, 6.45) is 20.5. The van der Waals surface area contributed by atoms with E-state index in [4.69, 9.17) is 4.74 Å². The first-order chi connectivity index (χ1) is 19.6. The van der Waals surface area contributed by atoms with Gasteiger partial charge in [0.05, 0.1) is 0 Å². The Morgan fingerprint density at radius 1 is 1.02 bits per heavy atom. The fourth-order valence-corrected chi connectivity index (χ4v) is 12.2. The lowest BCUT2D eigenvalue weighted by Gasteiger charge is -2.58. The lowest BCUT2D eigenvalue weighted by molar-refractivity contribution is -0.154. The molecule has 3 aliphatic heterocycles. The van der Waals surface area contributed by atoms with Gasteiger partial charge in [-0.1, -0.05) is 66.0 Å². The minimum Gasteiger partial charge on any atom is -0.462 e. The summed E-state index contributed by atoms with van der Waals surface area (Å²) in [6.45, 7) is 18.8. The molecule has 0 radical (unpaired) electrons. The molecular weight excluding hydrogens is 502 g/mol. The number of piperidine rings is 3. The minimum atomic E-state index is 0. The number of allylic oxidation sites excluding steroid dienone is 1. The molecule has 41 heavy (non-hydrogen) atoms. The molecule has 7 rings (SSSR count). The van der Waals surface area contributed by atoms with E-state index in [1.54, 1.807) is 5.57 Å². The Balaban J connectivity index is 0.00000176. The molecule has 3 saturated carbocycles. The number of carbonyl (C=O) groups excluding carboxylic acids is 1. The quantitative estimate of drug-likeness (QED) is 0.204. The van der Waals surface area contributed by atoms with E-state index in [9.17, 15) is 4.79 Å². The van der Waals surface area contributed by atoms with Gasteiger partial charge in [-0.15, -0.1) is 0 Å². The third-order valence-electron chi connectivity index (χ3n) is 14.8. The molecule has 0 spiro atoms. The van der Waals surface area contributed by atoms with E-state index in [-0.39, 0.29) is 16.4 Å². The third kappa shape index (κ3) is 5.62. The summed E-state index contributed by atoms with van der Waals surface area (Å²) in [4.78, 5) is 15.6. The molecule has 3 heterocycles. The lowest BCUT2D eigenvalue weighted by atomic mass is 9.47. The molecule has 3 heteroatoms. The van der Waals surface area contributed by atoms with Gasteiger partial charge in [-0.25, -0.2) is 0 Å². The molecule has 10 atom stereocenters. The van der Waals surface area contributed by atoms with Crippen LogP contribution in [-0.2, 0) is 9.53 Å². The SMILES string of the molecule is CC[C@H](CC[C@@H](C)C1CCC2[C@@H]3CC=C4C[C@@H](OC(=O)CC5CN6CCC5CC6)CC[C@]4(C)C3CC[C@@]21C)C(C)C.[HH].[HH].[HH]. The number of carbonyl (C=O) groups is 1. The number of rotatable bonds is 9. The zero-order valence-electron chi connectivity index (χ0n) is 27.6. The molecule has 0 aromatic carbocycles. The third-order valence-corrected chi connectivity index (χ3v) is 14.8. The van der Waals surface area contributed by atoms with Crippen LogP contribution in [0.4, 0.5) is 0 Å². The normalized spacial score (nSPS) is 44.9. The molecule has 3 saturated heterocycles. The van der Waals surface area contributed by atoms with Gasteiger partial charge >= 0.3 is 5.97 Å². The van der Waals surface area contributed by atoms with Gasteiger partial charge in [0.15, 0.2) is 0 Å². The van der Waals surface area contributed by atoms with Gasteiger partial charge in [0.2, 0.25) is 0 Å². The van der Waals surface area contributed by atoms with E-state index in [2.05, 4.69) is 52.5 Å². The summed E-state index contributed by atoms with van der Waals surface area (Å²) >= 11 is 0. The predicted molar refractivity (Wildman–Crippen MR) is 176 cm³/mol. The highest BCUT2D eigenvalue weighted by Crippen LogP contribution is 2.67. The highest BCUT2D eigenvalue weighted by molar-refractivity contribution is 5.70. The first-order valence-corrected chi connectivity index (χ1v) is 18.2. The fourth-order valence-electron chi connectivity index (χ4n) is 12.2. The molecule has 4 unspecified atom stereocenters. The molecule has 7 aliphatic rings. The smallest absolute Gasteiger partial charge is 0.306 e. The van der Waals surface area contributed by atoms with Crippen LogP contribution in [0.3, 0.4) is 0 Å². The summed E-state index contributed by atoms with van der Waals surface area (Å²) in [6, 6.07) is 0. The van der Waals surface area contributed by atoms with Gasteiger partial charge in [0.1, 0.15) is 6.10 Å². The Morgan fingerprint density at radius 3 is 2.49 bits per heavy atom. The highest BCUT2D eigenvalue weighted by Gasteiger charge is 2.59. The number of esters is 1. The fraction of sp³-hybridized carbons (Fsp3) is 0.921. The van der Waals surface area contributed by atoms with Crippen molar-refractivity contribution >= 4 is 5.97 Å². The molecular formula is C38H69NO2. The zero-order chi connectivity index (χ0) is 28.9. The van der Waals surface area contributed by atoms with Crippen molar-refractivity contribution in [1.82, 2.24) is 4.90 Å². The largest absolute Gasteiger partial charge is 0.462 e. The van der Waals surface area contributed by atoms with Crippen molar-refractivity contribution in [3.8, 4) is 0 Å². The molecule has 2 bridgehead atoms. The van der Waals surface area contributed by atoms with Crippen molar-refractivity contribution in [1.29, 1.82) is 0 Å². The van der Waals surface area contributed by atoms with Gasteiger partial charge in [0, 0.05) is 23.7 Å². The summed E-state index contributed by atoms with van der Waals surface area (Å²) in [5.41, 5.74) is 2.53. The molecule has 3 nitrogen and oxygen atoms in total. The topological polar surface area (TPSA) is 29.5 Å². The maximum atomic E-state index is 13.0. The van der Waals surface area contributed by atoms with E-state index in [1.165, 1.54) is 83.7 Å². The number of hydrogen-bond acceptors (Lipinski definition) is 3. The van der Waals surface area contributed by atoms with Crippen molar-refractivity contribution < 1.29 is 13.8 Å². The average Bonchev–Trinajstić information content (AvgIpc) is 3.31. The van der Waals surface area contributed by atoms with E-state index < -0.39 is 0 Å². The standard InChI is InChI=1S/C38H63NO2.3H2/c1-7-27(25(2)3)9-8-26(4)33-12-13-34-32-11-10-30-23-31(14-18-37(30,5)35(32)15-19-38(33,34)6)41-36(40)22-29-24-39-20-16-28(29)17-21-39;;;/h10,25-29,31-35H,7-9,11-24H2,1-6H3;3*1H/t26-,27-,29?,31+,32+,33?,34?,35?,37+,38-;;;/m1.../s1. The summed E-state index contributed by atoms with van der Waals surface area (Å²) in [5, 5.41) is 0. The van der Waals surface area contributed by atoms with E-state index in [0.29, 0.717) is 23.2 Å². The lowest BCUT2D eigenvalue weighted by Crippen LogP contribution is -2.51. The van der Waals surface area contributed by atoms with Crippen molar-refractivity contribution in [2.24, 2.45) is 64.1 Å². The van der Waals surface area contributed by atoms with Crippen LogP contribution in [0.15, 0.2) is 11.6 Å². The molecule has 0 amide bonds. The number of nitrogens with zero attached hydrogens (tertiary/aromatic N) is 1. The first-order valence-electron chi connectivity index (χ1n) is 18.2. The van der Waals surface area contributed by atoms with Crippen LogP contribution in [0.2, 0.25) is 0 Å². The van der Waals surface area contributed by atoms with Gasteiger partial charge in [-0.3, -0.25) is 4.79 Å². The zero-order valence-corrected chi connectivity index (χ0v) is 27.6. The Morgan fingerprint density at radius 2 is 1.80 bits per heavy atom. The average molecular weight is 572 g/mol. The van der Waals surface area contributed by atoms with Crippen molar-refractivity contribution in [3.63, 3.8) is 0 Å². The van der Waals surface area contributed by atoms with Gasteiger partial charge in [-0.05, 0) is 141 Å². The van der Waals surface area contributed by atoms with E-state index in [0.717, 1.165) is 66.7 Å². The van der Waals surface area contributed by atoms with Crippen molar-refractivity contribution in [2.75, 3.05) is 19.6 Å². The maximum absolute atomic E-state index is 13.0. The Hall–Kier alpha value is -0.830. The van der Waals surface area contributed by atoms with Crippen molar-refractivity contribution in [3.05, 3.63) is 11.6 Å². The molecule has 6 fully saturated rings. The summed E-state index contributed by atoms with van der Waals surface area (Å²) in [5.74, 6) is 7.50. The number of fused-ring (bicyclic) bond motifs is 8. The van der Waals surface area contributed by atoms with Crippen LogP contribution in [0, 0.1) is 64.1 Å². The Bertz CT molecular complexity index is 979. The highest BCUT2D eigenvalue weighted by atomic mass is 16.5. The van der Waals surface area contributed by atoms with Crippen LogP contribution < -0.4 is 0 Å². The monoisotopic (exact) mass is 572 g/mol. The number of ether oxygens (including phenoxy) is 1. The minimum absolute atomic E-state index is 0. The van der Waals surface area contributed by atoms with E-state index >= 15 is 0 Å². The first kappa shape index (κ1) is 30.2. The maximum Gasteiger partial charge on any atom is 0.306 e. The van der Waals surface area contributed by atoms with Gasteiger partial charge in [-0.2, -0.15) is 0 Å². The van der Waals surface area contributed by atoms with Crippen LogP contribution in [0.5, 0.6) is 0 Å². The van der Waals surface area contributed by atoms with Crippen LogP contribution in [-0.4, -0.2) is 36.6 Å². The second-order valence-electron chi connectivity index (χ2n) is 16.9. The predicted octanol–water partition coefficient (Wildman–Crippen LogP) is 10.0. The van der Waals surface area contributed by atoms with Crippen LogP contribution in [0.1, 0.15) is 136 Å². The second-order valence-corrected chi connectivity index (χ2v) is 16.9. The van der Waals surface area contributed by atoms with E-state index in [1.807, 2.05) is 0 Å². The van der Waals surface area contributed by atoms with Crippen molar-refractivity contribution in [2.45, 2.75) is 138 Å². The number of hydrogen-bond donors (Lipinski definition) is 0. The van der Waals surface area contributed by atoms with Crippen LogP contribution >= 0.6 is 0 Å². The van der Waals surface area contributed by atoms with Crippen LogP contribution in [0.25, 0.3) is 0 Å². The van der Waals surface area contributed by atoms with Gasteiger partial charge < -0.3 is 9.64 Å². The summed E-state index contributed by atoms with van der Waals surface area (Å²) < 4.78 is 6.22. The Kier molecular flexibility index (Phi) is 8.79. The molecule has 0 aromatic heterocycles.